The Morgan fingerprint density at radius 2 is 1.44 bits per heavy atom. The summed E-state index contributed by atoms with van der Waals surface area (Å²) in [5.41, 5.74) is 1.29. The van der Waals surface area contributed by atoms with Crippen molar-refractivity contribution in [3.63, 3.8) is 0 Å². The molecule has 2 aromatic carbocycles. The number of amides is 3. The quantitative estimate of drug-likeness (QED) is 0.461. The third kappa shape index (κ3) is 4.72. The Morgan fingerprint density at radius 1 is 0.882 bits per heavy atom. The topological polar surface area (TPSA) is 87.2 Å². The number of imide groups is 1. The maximum atomic E-state index is 13.3. The molecule has 1 saturated heterocycles. The molecule has 178 valence electrons. The number of piperazine rings is 1. The van der Waals surface area contributed by atoms with Crippen LogP contribution >= 0.6 is 0 Å². The number of nitrogens with zero attached hydrogens (tertiary/aromatic N) is 3. The second kappa shape index (κ2) is 10.2. The lowest BCUT2D eigenvalue weighted by Crippen LogP contribution is -2.53. The van der Waals surface area contributed by atoms with Crippen molar-refractivity contribution < 1.29 is 23.9 Å². The molecule has 34 heavy (non-hydrogen) atoms. The Bertz CT molecular complexity index is 1040. The second-order valence-electron chi connectivity index (χ2n) is 8.57. The molecule has 2 atom stereocenters. The summed E-state index contributed by atoms with van der Waals surface area (Å²) in [4.78, 5) is 57.3. The van der Waals surface area contributed by atoms with E-state index in [0.717, 1.165) is 30.1 Å². The summed E-state index contributed by atoms with van der Waals surface area (Å²) in [7, 11) is 0. The first-order valence-electron chi connectivity index (χ1n) is 11.6. The van der Waals surface area contributed by atoms with Crippen LogP contribution in [0.25, 0.3) is 0 Å². The van der Waals surface area contributed by atoms with Crippen molar-refractivity contribution in [2.75, 3.05) is 32.7 Å². The molecule has 2 aromatic rings. The average molecular weight is 464 g/mol. The van der Waals surface area contributed by atoms with Gasteiger partial charge in [-0.05, 0) is 31.2 Å². The SMILES string of the molecule is CCN1CCN(C(=O)C(C)OC(=O)C(Cc2ccccc2)N2C(=O)c3ccccc3C2=O)CC1. The van der Waals surface area contributed by atoms with Crippen LogP contribution in [0.1, 0.15) is 40.1 Å². The molecule has 0 bridgehead atoms. The maximum absolute atomic E-state index is 13.3. The van der Waals surface area contributed by atoms with E-state index in [-0.39, 0.29) is 23.5 Å². The van der Waals surface area contributed by atoms with Crippen molar-refractivity contribution in [2.24, 2.45) is 0 Å². The molecule has 0 saturated carbocycles. The lowest BCUT2D eigenvalue weighted by atomic mass is 10.0. The van der Waals surface area contributed by atoms with Crippen LogP contribution in [-0.4, -0.2) is 83.3 Å². The smallest absolute Gasteiger partial charge is 0.330 e. The molecular weight excluding hydrogens is 434 g/mol. The number of fused-ring (bicyclic) bond motifs is 1. The molecule has 2 heterocycles. The summed E-state index contributed by atoms with van der Waals surface area (Å²) in [6.07, 6.45) is -0.921. The molecule has 3 amide bonds. The van der Waals surface area contributed by atoms with Gasteiger partial charge >= 0.3 is 5.97 Å². The molecule has 0 aliphatic carbocycles. The zero-order chi connectivity index (χ0) is 24.2. The van der Waals surface area contributed by atoms with Gasteiger partial charge in [0.1, 0.15) is 6.04 Å². The Hall–Kier alpha value is -3.52. The highest BCUT2D eigenvalue weighted by Gasteiger charge is 2.44. The normalized spacial score (nSPS) is 17.9. The fourth-order valence-corrected chi connectivity index (χ4v) is 4.45. The van der Waals surface area contributed by atoms with Crippen LogP contribution in [0.15, 0.2) is 54.6 Å². The zero-order valence-corrected chi connectivity index (χ0v) is 19.5. The number of esters is 1. The van der Waals surface area contributed by atoms with Gasteiger partial charge in [0.25, 0.3) is 17.7 Å². The van der Waals surface area contributed by atoms with Crippen LogP contribution in [0.3, 0.4) is 0 Å². The fourth-order valence-electron chi connectivity index (χ4n) is 4.45. The van der Waals surface area contributed by atoms with Crippen LogP contribution in [-0.2, 0) is 20.7 Å². The monoisotopic (exact) mass is 463 g/mol. The van der Waals surface area contributed by atoms with Gasteiger partial charge < -0.3 is 14.5 Å². The number of benzene rings is 2. The number of ether oxygens (including phenoxy) is 1. The summed E-state index contributed by atoms with van der Waals surface area (Å²) in [5, 5.41) is 0. The molecule has 2 unspecified atom stereocenters. The van der Waals surface area contributed by atoms with Crippen LogP contribution in [0.4, 0.5) is 0 Å². The average Bonchev–Trinajstić information content (AvgIpc) is 3.12. The minimum Gasteiger partial charge on any atom is -0.451 e. The predicted molar refractivity (Wildman–Crippen MR) is 125 cm³/mol. The first-order chi connectivity index (χ1) is 16.4. The summed E-state index contributed by atoms with van der Waals surface area (Å²) in [6, 6.07) is 14.4. The number of hydrogen-bond donors (Lipinski definition) is 0. The fraction of sp³-hybridized carbons (Fsp3) is 0.385. The highest BCUT2D eigenvalue weighted by molar-refractivity contribution is 6.22. The molecular formula is C26H29N3O5. The van der Waals surface area contributed by atoms with E-state index in [1.807, 2.05) is 30.3 Å². The van der Waals surface area contributed by atoms with Gasteiger partial charge in [0.15, 0.2) is 6.10 Å². The lowest BCUT2D eigenvalue weighted by Gasteiger charge is -2.35. The number of carbonyl (C=O) groups is 4. The van der Waals surface area contributed by atoms with Gasteiger partial charge in [0.05, 0.1) is 11.1 Å². The Kier molecular flexibility index (Phi) is 7.07. The molecule has 0 N–H and O–H groups in total. The predicted octanol–water partition coefficient (Wildman–Crippen LogP) is 1.99. The molecule has 8 heteroatoms. The molecule has 8 nitrogen and oxygen atoms in total. The Labute approximate surface area is 199 Å². The van der Waals surface area contributed by atoms with Gasteiger partial charge in [0.2, 0.25) is 0 Å². The lowest BCUT2D eigenvalue weighted by molar-refractivity contribution is -0.162. The third-order valence-corrected chi connectivity index (χ3v) is 6.45. The molecule has 2 aliphatic rings. The van der Waals surface area contributed by atoms with Crippen molar-refractivity contribution in [3.8, 4) is 0 Å². The van der Waals surface area contributed by atoms with Crippen molar-refractivity contribution in [1.29, 1.82) is 0 Å². The summed E-state index contributed by atoms with van der Waals surface area (Å²) < 4.78 is 5.57. The van der Waals surface area contributed by atoms with Gasteiger partial charge in [-0.25, -0.2) is 4.79 Å². The van der Waals surface area contributed by atoms with E-state index >= 15 is 0 Å². The third-order valence-electron chi connectivity index (χ3n) is 6.45. The van der Waals surface area contributed by atoms with E-state index in [4.69, 9.17) is 4.74 Å². The van der Waals surface area contributed by atoms with E-state index in [0.29, 0.717) is 13.1 Å². The number of likely N-dealkylation sites (N-methyl/N-ethyl adjacent to an activating group) is 1. The molecule has 1 fully saturated rings. The molecule has 0 radical (unpaired) electrons. The Morgan fingerprint density at radius 3 is 2.00 bits per heavy atom. The van der Waals surface area contributed by atoms with Gasteiger partial charge in [-0.1, -0.05) is 49.4 Å². The standard InChI is InChI=1S/C26H29N3O5/c1-3-27-13-15-28(16-14-27)23(30)18(2)34-26(33)22(17-19-9-5-4-6-10-19)29-24(31)20-11-7-8-12-21(20)25(29)32/h4-12,18,22H,3,13-17H2,1-2H3. The summed E-state index contributed by atoms with van der Waals surface area (Å²) in [6.45, 7) is 7.22. The molecule has 0 aromatic heterocycles. The number of hydrogen-bond acceptors (Lipinski definition) is 6. The zero-order valence-electron chi connectivity index (χ0n) is 19.5. The van der Waals surface area contributed by atoms with E-state index in [2.05, 4.69) is 11.8 Å². The minimum absolute atomic E-state index is 0.0984. The van der Waals surface area contributed by atoms with Gasteiger partial charge in [0, 0.05) is 32.6 Å². The van der Waals surface area contributed by atoms with Crippen molar-refractivity contribution in [2.45, 2.75) is 32.4 Å². The first-order valence-corrected chi connectivity index (χ1v) is 11.6. The highest BCUT2D eigenvalue weighted by atomic mass is 16.5. The van der Waals surface area contributed by atoms with Crippen molar-refractivity contribution in [1.82, 2.24) is 14.7 Å². The van der Waals surface area contributed by atoms with Crippen LogP contribution in [0.2, 0.25) is 0 Å². The van der Waals surface area contributed by atoms with Crippen LogP contribution in [0, 0.1) is 0 Å². The molecule has 0 spiro atoms. The minimum atomic E-state index is -1.18. The molecule has 2 aliphatic heterocycles. The van der Waals surface area contributed by atoms with E-state index in [1.165, 1.54) is 6.92 Å². The maximum Gasteiger partial charge on any atom is 0.330 e. The number of carbonyl (C=O) groups excluding carboxylic acids is 4. The summed E-state index contributed by atoms with van der Waals surface area (Å²) >= 11 is 0. The van der Waals surface area contributed by atoms with Crippen LogP contribution in [0.5, 0.6) is 0 Å². The van der Waals surface area contributed by atoms with E-state index in [9.17, 15) is 19.2 Å². The van der Waals surface area contributed by atoms with Gasteiger partial charge in [-0.2, -0.15) is 0 Å². The Balaban J connectivity index is 1.52. The van der Waals surface area contributed by atoms with E-state index < -0.39 is 29.9 Å². The number of rotatable bonds is 7. The second-order valence-corrected chi connectivity index (χ2v) is 8.57. The van der Waals surface area contributed by atoms with E-state index in [1.54, 1.807) is 29.2 Å². The van der Waals surface area contributed by atoms with Gasteiger partial charge in [-0.15, -0.1) is 0 Å². The van der Waals surface area contributed by atoms with Crippen molar-refractivity contribution >= 4 is 23.7 Å². The summed E-state index contributed by atoms with van der Waals surface area (Å²) in [5.74, 6) is -2.11. The first kappa shape index (κ1) is 23.6. The van der Waals surface area contributed by atoms with Gasteiger partial charge in [-0.3, -0.25) is 19.3 Å². The molecule has 4 rings (SSSR count). The highest BCUT2D eigenvalue weighted by Crippen LogP contribution is 2.27. The van der Waals surface area contributed by atoms with Crippen LogP contribution < -0.4 is 0 Å². The largest absolute Gasteiger partial charge is 0.451 e. The van der Waals surface area contributed by atoms with Crippen molar-refractivity contribution in [3.05, 3.63) is 71.3 Å².